The molecule has 2 fully saturated rings. The molecule has 1 unspecified atom stereocenters. The smallest absolute Gasteiger partial charge is 0.415 e. The highest BCUT2D eigenvalue weighted by Gasteiger charge is 2.52. The third kappa shape index (κ3) is 31.4. The van der Waals surface area contributed by atoms with E-state index in [1.54, 1.807) is 68.9 Å². The van der Waals surface area contributed by atoms with Gasteiger partial charge in [-0.3, -0.25) is 40.6 Å². The second-order valence-electron chi connectivity index (χ2n) is 21.9. The van der Waals surface area contributed by atoms with E-state index in [0.717, 1.165) is 42.4 Å². The predicted molar refractivity (Wildman–Crippen MR) is 397 cm³/mol. The Hall–Kier alpha value is -4.48. The van der Waals surface area contributed by atoms with Crippen LogP contribution in [0.5, 0.6) is 5.75 Å². The lowest BCUT2D eigenvalue weighted by Gasteiger charge is -2.39. The number of aromatic nitrogens is 2. The van der Waals surface area contributed by atoms with Crippen molar-refractivity contribution in [2.75, 3.05) is 89.1 Å². The van der Waals surface area contributed by atoms with Crippen LogP contribution in [0.15, 0.2) is 29.1 Å². The quantitative estimate of drug-likeness (QED) is 0.0112. The van der Waals surface area contributed by atoms with E-state index in [4.69, 9.17) is 49.5 Å². The van der Waals surface area contributed by atoms with Gasteiger partial charge in [-0.2, -0.15) is 25.3 Å². The summed E-state index contributed by atoms with van der Waals surface area (Å²) in [5.41, 5.74) is 2.06. The van der Waals surface area contributed by atoms with Gasteiger partial charge < -0.3 is 63.6 Å². The number of carboxylic acids is 3. The number of carbonyl (C=O) groups excluding carboxylic acids is 7. The van der Waals surface area contributed by atoms with Crippen LogP contribution in [0.25, 0.3) is 22.3 Å². The molecule has 0 spiro atoms. The number of rotatable bonds is 18. The van der Waals surface area contributed by atoms with Gasteiger partial charge >= 0.3 is 47.9 Å². The van der Waals surface area contributed by atoms with E-state index in [2.05, 4.69) is 53.6 Å². The van der Waals surface area contributed by atoms with Crippen molar-refractivity contribution in [2.24, 2.45) is 17.3 Å². The lowest BCUT2D eigenvalue weighted by atomic mass is 9.74. The molecule has 542 valence electrons. The van der Waals surface area contributed by atoms with Crippen molar-refractivity contribution in [3.05, 3.63) is 56.9 Å². The molecule has 3 amide bonds. The van der Waals surface area contributed by atoms with Crippen LogP contribution in [0.3, 0.4) is 0 Å². The van der Waals surface area contributed by atoms with Crippen molar-refractivity contribution >= 4 is 185 Å². The fourth-order valence-corrected chi connectivity index (χ4v) is 12.8. The molecule has 3 aromatic rings. The highest BCUT2D eigenvalue weighted by atomic mass is 127. The molecule has 0 bridgehead atoms. The number of aryl methyl sites for hydroxylation is 1. The van der Waals surface area contributed by atoms with Gasteiger partial charge in [0.25, 0.3) is 5.56 Å². The Kier molecular flexibility index (Phi) is 46.8. The zero-order chi connectivity index (χ0) is 73.5. The van der Waals surface area contributed by atoms with Crippen molar-refractivity contribution in [1.29, 1.82) is 0 Å². The molecule has 0 radical (unpaired) electrons. The van der Waals surface area contributed by atoms with Gasteiger partial charge in [-0.05, 0) is 105 Å². The number of fused-ring (bicyclic) bond motifs is 5. The molecule has 6 heterocycles. The Morgan fingerprint density at radius 3 is 1.74 bits per heavy atom. The number of pyridine rings is 2. The number of amides is 3. The molecule has 1 aromatic carbocycles. The number of esters is 4. The Morgan fingerprint density at radius 2 is 1.34 bits per heavy atom. The number of cyclic esters (lactones) is 1. The molecule has 96 heavy (non-hydrogen) atoms. The van der Waals surface area contributed by atoms with Crippen LogP contribution in [0.4, 0.5) is 4.79 Å². The second kappa shape index (κ2) is 49.1. The molecule has 2 aromatic heterocycles. The third-order valence-corrected chi connectivity index (χ3v) is 19.3. The summed E-state index contributed by atoms with van der Waals surface area (Å²) in [5.74, 6) is -3.86. The first kappa shape index (κ1) is 91.5. The van der Waals surface area contributed by atoms with Crippen molar-refractivity contribution < 1.29 is 97.2 Å². The number of benzene rings is 1. The average Bonchev–Trinajstić information content (AvgIpc) is 1.43. The maximum atomic E-state index is 14.2. The number of carbonyl (C=O) groups is 10. The Labute approximate surface area is 615 Å². The largest absolute Gasteiger partial charge is 0.481 e. The van der Waals surface area contributed by atoms with Gasteiger partial charge in [0.05, 0.1) is 112 Å². The molecule has 27 nitrogen and oxygen atoms in total. The number of hydrogen-bond donors (Lipinski definition) is 9. The van der Waals surface area contributed by atoms with E-state index < -0.39 is 66.0 Å². The van der Waals surface area contributed by atoms with Gasteiger partial charge in [0.15, 0.2) is 0 Å². The number of methoxy groups -OCH3 is 2. The normalized spacial score (nSPS) is 15.3. The zero-order valence-electron chi connectivity index (χ0n) is 56.0. The first-order valence-electron chi connectivity index (χ1n) is 30.0. The number of carboxylic acid groups (broad SMARTS) is 3. The summed E-state index contributed by atoms with van der Waals surface area (Å²) in [7, 11) is 8.54. The van der Waals surface area contributed by atoms with E-state index in [9.17, 15) is 47.9 Å². The molecule has 7 rings (SSSR count). The minimum Gasteiger partial charge on any atom is -0.481 e. The Bertz CT molecular complexity index is 3010. The van der Waals surface area contributed by atoms with Crippen molar-refractivity contribution in [3.8, 4) is 17.1 Å². The summed E-state index contributed by atoms with van der Waals surface area (Å²) < 4.78 is 32.6. The number of thiol groups is 2. The van der Waals surface area contributed by atoms with Crippen LogP contribution in [0, 0.1) is 17.3 Å². The first-order chi connectivity index (χ1) is 45.3. The standard InChI is InChI=1S/C42H54N4O7.C4H8O2.C3H6INOS2.C3H6O3.C3H6O2S2.C2H4INOS.C2H4O3.C2H4O2S/c1-8-28-29-21-27(52-40(50)45-19-15-26(16-20-45)44-17-11-10-12-18-44)13-14-33(29)43-36-30(28)23-46-34(36)22-32-31(37(46)47)24-51-39(49)42(32,9-2)53-38(48)35(25(3)4)41(5,6)7;1-3-4(5)6-2;1-7-8-2-3(6)5-4;1-6-3(5)2-4;1-6-7-2-3(4)5;3-4-2(5)1-6;3-1-2(4)5;3-2(4)1-5/h13-14,21-22,25-26,35H,8-12,15-20,23-24H2,1-7H3;3H2,1-2H3;2H2,1H3,(H,5,6);4H,2H2,1H3;2H2,1H3,(H,4,5);6H,1H2,(H,4,5);3H,1H2,(H,4,5);5H,1H2,(H,3,4)/t35?,42-;;;;;;;/m0......./s1. The molecule has 4 aliphatic rings. The number of aliphatic hydroxyl groups is 2. The number of halogens is 2. The number of ether oxygens (including phenoxy) is 5. The Morgan fingerprint density at radius 1 is 0.781 bits per heavy atom. The number of likely N-dealkylation sites (tertiary alicyclic amines) is 2. The van der Waals surface area contributed by atoms with E-state index >= 15 is 0 Å². The zero-order valence-corrected chi connectivity index (χ0v) is 65.4. The number of aliphatic hydroxyl groups excluding tert-OH is 2. The minimum absolute atomic E-state index is 0.0381. The molecule has 4 aliphatic heterocycles. The molecule has 2 saturated heterocycles. The molecule has 7 N–H and O–H groups in total. The van der Waals surface area contributed by atoms with Crippen molar-refractivity contribution in [1.82, 2.24) is 26.4 Å². The minimum atomic E-state index is -1.76. The SMILES string of the molecule is CCC(=O)OC.CCc1c2c(nc3ccc(OC(=O)N4CCC(N5CCCCC5)CC4)cc13)-c1cc3c(c(=O)n1C2)COC(=O)[C@@]3(CC)OC(=O)C(C(C)C)C(C)(C)C.COC(=O)CO.CSSCC(=O)NI.CSSCC(=O)O.O=C(CS)NI.O=C(O)CO.O=C(O)CS. The van der Waals surface area contributed by atoms with Gasteiger partial charge in [-0.25, -0.2) is 24.2 Å². The molecule has 2 atom stereocenters. The number of nitrogens with one attached hydrogen (secondary N) is 2. The fourth-order valence-electron chi connectivity index (χ4n) is 9.98. The second-order valence-corrected chi connectivity index (χ2v) is 28.8. The molecular formula is C61H92I2N6O21S6. The van der Waals surface area contributed by atoms with E-state index in [1.165, 1.54) is 55.1 Å². The van der Waals surface area contributed by atoms with Crippen LogP contribution in [0.1, 0.15) is 123 Å². The van der Waals surface area contributed by atoms with E-state index in [0.29, 0.717) is 78.1 Å². The lowest BCUT2D eigenvalue weighted by Crippen LogP contribution is -2.49. The highest BCUT2D eigenvalue weighted by molar-refractivity contribution is 14.1. The summed E-state index contributed by atoms with van der Waals surface area (Å²) in [6.45, 7) is 17.9. The highest BCUT2D eigenvalue weighted by Crippen LogP contribution is 2.44. The van der Waals surface area contributed by atoms with Gasteiger partial charge in [0, 0.05) is 42.1 Å². The average molecular weight is 1690 g/mol. The van der Waals surface area contributed by atoms with Crippen LogP contribution in [-0.4, -0.2) is 200 Å². The Balaban J connectivity index is 0.00000168. The van der Waals surface area contributed by atoms with Crippen molar-refractivity contribution in [2.45, 2.75) is 132 Å². The fraction of sp³-hybridized carbons (Fsp3) is 0.607. The summed E-state index contributed by atoms with van der Waals surface area (Å²) >= 11 is 10.7. The summed E-state index contributed by atoms with van der Waals surface area (Å²) in [5, 5.41) is 39.4. The van der Waals surface area contributed by atoms with Crippen LogP contribution in [-0.2, 0) is 87.3 Å². The predicted octanol–water partition coefficient (Wildman–Crippen LogP) is 8.67. The lowest BCUT2D eigenvalue weighted by molar-refractivity contribution is -0.195. The third-order valence-electron chi connectivity index (χ3n) is 14.2. The molecule has 0 saturated carbocycles. The molecule has 0 aliphatic carbocycles. The molecule has 35 heteroatoms. The molecular weight excluding hydrogens is 1600 g/mol. The van der Waals surface area contributed by atoms with Gasteiger partial charge in [0.1, 0.15) is 31.3 Å². The maximum Gasteiger partial charge on any atom is 0.415 e. The summed E-state index contributed by atoms with van der Waals surface area (Å²) in [6.07, 6.45) is 10.5. The number of nitrogens with zero attached hydrogens (tertiary/aromatic N) is 4. The van der Waals surface area contributed by atoms with Gasteiger partial charge in [-0.1, -0.05) is 105 Å². The van der Waals surface area contributed by atoms with Crippen LogP contribution >= 0.6 is 114 Å². The summed E-state index contributed by atoms with van der Waals surface area (Å²) in [4.78, 5) is 133. The summed E-state index contributed by atoms with van der Waals surface area (Å²) in [6, 6.07) is 7.85. The van der Waals surface area contributed by atoms with Gasteiger partial charge in [0.2, 0.25) is 17.4 Å². The van der Waals surface area contributed by atoms with E-state index in [-0.39, 0.29) is 65.6 Å². The van der Waals surface area contributed by atoms with E-state index in [1.807, 2.05) is 93.1 Å². The maximum absolute atomic E-state index is 14.2. The number of piperidine rings is 2. The van der Waals surface area contributed by atoms with Crippen LogP contribution in [0.2, 0.25) is 0 Å². The number of hydrogen-bond acceptors (Lipinski definition) is 26. The van der Waals surface area contributed by atoms with Gasteiger partial charge in [-0.15, -0.1) is 0 Å². The first-order valence-corrected chi connectivity index (χ1v) is 38.9. The topological polar surface area (TPSA) is 383 Å². The monoisotopic (exact) mass is 1690 g/mol. The number of aliphatic carboxylic acids is 3. The van der Waals surface area contributed by atoms with Crippen molar-refractivity contribution in [3.63, 3.8) is 0 Å². The van der Waals surface area contributed by atoms with Crippen LogP contribution < -0.4 is 17.4 Å².